The van der Waals surface area contributed by atoms with Crippen molar-refractivity contribution < 1.29 is 14.1 Å². The average Bonchev–Trinajstić information content (AvgIpc) is 2.78. The summed E-state index contributed by atoms with van der Waals surface area (Å²) in [6.07, 6.45) is 1.39. The number of halogens is 2. The molecule has 0 N–H and O–H groups in total. The van der Waals surface area contributed by atoms with Gasteiger partial charge in [0.2, 0.25) is 5.82 Å². The summed E-state index contributed by atoms with van der Waals surface area (Å²) in [6.45, 7) is 1.89. The number of pyridine rings is 1. The van der Waals surface area contributed by atoms with E-state index in [1.54, 1.807) is 6.92 Å². The van der Waals surface area contributed by atoms with E-state index in [1.165, 1.54) is 12.3 Å². The molecule has 0 bridgehead atoms. The minimum atomic E-state index is -0.693. The van der Waals surface area contributed by atoms with Crippen molar-refractivity contribution in [3.63, 3.8) is 0 Å². The highest BCUT2D eigenvalue weighted by atomic mass is 35.5. The SMILES string of the molecule is CCOC(=O)c1nc(-c2ncc(Cl)cc2Cl)no1. The van der Waals surface area contributed by atoms with E-state index < -0.39 is 5.97 Å². The Bertz CT molecular complexity index is 585. The largest absolute Gasteiger partial charge is 0.459 e. The summed E-state index contributed by atoms with van der Waals surface area (Å²) in [4.78, 5) is 19.1. The third-order valence-electron chi connectivity index (χ3n) is 1.90. The monoisotopic (exact) mass is 287 g/mol. The highest BCUT2D eigenvalue weighted by Crippen LogP contribution is 2.25. The summed E-state index contributed by atoms with van der Waals surface area (Å²) in [5.41, 5.74) is 0.278. The molecule has 8 heteroatoms. The molecule has 2 rings (SSSR count). The maximum Gasteiger partial charge on any atom is 0.397 e. The average molecular weight is 288 g/mol. The van der Waals surface area contributed by atoms with Crippen LogP contribution < -0.4 is 0 Å². The summed E-state index contributed by atoms with van der Waals surface area (Å²) in [7, 11) is 0. The zero-order valence-electron chi connectivity index (χ0n) is 9.18. The van der Waals surface area contributed by atoms with E-state index in [0.29, 0.717) is 5.02 Å². The molecule has 0 aliphatic heterocycles. The Hall–Kier alpha value is -1.66. The van der Waals surface area contributed by atoms with Crippen LogP contribution in [0.5, 0.6) is 0 Å². The Labute approximate surface area is 112 Å². The van der Waals surface area contributed by atoms with Crippen molar-refractivity contribution in [1.29, 1.82) is 0 Å². The Morgan fingerprint density at radius 3 is 2.94 bits per heavy atom. The van der Waals surface area contributed by atoms with Gasteiger partial charge in [-0.1, -0.05) is 28.4 Å². The predicted octanol–water partition coefficient (Wildman–Crippen LogP) is 2.62. The zero-order valence-corrected chi connectivity index (χ0v) is 10.7. The van der Waals surface area contributed by atoms with Crippen LogP contribution in [-0.4, -0.2) is 27.7 Å². The number of esters is 1. The van der Waals surface area contributed by atoms with Gasteiger partial charge in [0.25, 0.3) is 0 Å². The maximum absolute atomic E-state index is 11.3. The van der Waals surface area contributed by atoms with Crippen molar-refractivity contribution >= 4 is 29.2 Å². The standard InChI is InChI=1S/C10H7Cl2N3O3/c1-2-17-10(16)9-14-8(15-18-9)7-6(12)3-5(11)4-13-7/h3-4H,2H2,1H3. The fourth-order valence-corrected chi connectivity index (χ4v) is 1.64. The second-order valence-electron chi connectivity index (χ2n) is 3.13. The number of hydrogen-bond donors (Lipinski definition) is 0. The molecule has 94 valence electrons. The smallest absolute Gasteiger partial charge is 0.397 e. The summed E-state index contributed by atoms with van der Waals surface area (Å²) >= 11 is 11.6. The summed E-state index contributed by atoms with van der Waals surface area (Å²) in [6, 6.07) is 1.49. The normalized spacial score (nSPS) is 10.4. The molecule has 0 aliphatic rings. The molecule has 0 spiro atoms. The number of aromatic nitrogens is 3. The van der Waals surface area contributed by atoms with Crippen LogP contribution >= 0.6 is 23.2 Å². The third kappa shape index (κ3) is 2.60. The van der Waals surface area contributed by atoms with Crippen LogP contribution in [-0.2, 0) is 4.74 Å². The fraction of sp³-hybridized carbons (Fsp3) is 0.200. The van der Waals surface area contributed by atoms with Gasteiger partial charge >= 0.3 is 11.9 Å². The highest BCUT2D eigenvalue weighted by Gasteiger charge is 2.19. The Kier molecular flexibility index (Phi) is 3.78. The van der Waals surface area contributed by atoms with Gasteiger partial charge in [0.1, 0.15) is 5.69 Å². The first-order valence-electron chi connectivity index (χ1n) is 4.94. The highest BCUT2D eigenvalue weighted by molar-refractivity contribution is 6.35. The molecule has 0 aliphatic carbocycles. The Balaban J connectivity index is 2.32. The number of carbonyl (C=O) groups is 1. The lowest BCUT2D eigenvalue weighted by Crippen LogP contribution is -2.04. The molecule has 0 unspecified atom stereocenters. The van der Waals surface area contributed by atoms with Crippen LogP contribution in [0, 0.1) is 0 Å². The van der Waals surface area contributed by atoms with E-state index in [0.717, 1.165) is 0 Å². The number of hydrogen-bond acceptors (Lipinski definition) is 6. The van der Waals surface area contributed by atoms with Gasteiger partial charge in [0, 0.05) is 6.20 Å². The molecule has 0 amide bonds. The van der Waals surface area contributed by atoms with Gasteiger partial charge in [0.15, 0.2) is 0 Å². The van der Waals surface area contributed by atoms with E-state index in [1.807, 2.05) is 0 Å². The molecule has 0 radical (unpaired) electrons. The van der Waals surface area contributed by atoms with Crippen molar-refractivity contribution in [2.24, 2.45) is 0 Å². The van der Waals surface area contributed by atoms with E-state index in [2.05, 4.69) is 15.1 Å². The van der Waals surface area contributed by atoms with Gasteiger partial charge in [-0.2, -0.15) is 4.98 Å². The van der Waals surface area contributed by atoms with E-state index in [-0.39, 0.29) is 29.0 Å². The minimum Gasteiger partial charge on any atom is -0.459 e. The lowest BCUT2D eigenvalue weighted by atomic mass is 10.3. The summed E-state index contributed by atoms with van der Waals surface area (Å²) < 4.78 is 9.47. The van der Waals surface area contributed by atoms with Gasteiger partial charge in [-0.05, 0) is 13.0 Å². The maximum atomic E-state index is 11.3. The van der Waals surface area contributed by atoms with Gasteiger partial charge in [-0.15, -0.1) is 0 Å². The zero-order chi connectivity index (χ0) is 13.1. The second kappa shape index (κ2) is 5.32. The van der Waals surface area contributed by atoms with Crippen LogP contribution in [0.15, 0.2) is 16.8 Å². The number of ether oxygens (including phenoxy) is 1. The molecule has 0 saturated carbocycles. The summed E-state index contributed by atoms with van der Waals surface area (Å²) in [5, 5.41) is 4.25. The first kappa shape index (κ1) is 12.8. The van der Waals surface area contributed by atoms with Crippen molar-refractivity contribution in [1.82, 2.24) is 15.1 Å². The molecule has 2 heterocycles. The Morgan fingerprint density at radius 2 is 2.28 bits per heavy atom. The predicted molar refractivity (Wildman–Crippen MR) is 63.5 cm³/mol. The van der Waals surface area contributed by atoms with Crippen LogP contribution in [0.4, 0.5) is 0 Å². The molecule has 6 nitrogen and oxygen atoms in total. The minimum absolute atomic E-state index is 0.0970. The topological polar surface area (TPSA) is 78.1 Å². The fourth-order valence-electron chi connectivity index (χ4n) is 1.17. The molecule has 0 aromatic carbocycles. The number of rotatable bonds is 3. The lowest BCUT2D eigenvalue weighted by molar-refractivity contribution is 0.0470. The van der Waals surface area contributed by atoms with Crippen molar-refractivity contribution in [3.05, 3.63) is 28.2 Å². The van der Waals surface area contributed by atoms with Crippen molar-refractivity contribution in [2.45, 2.75) is 6.92 Å². The van der Waals surface area contributed by atoms with E-state index >= 15 is 0 Å². The molecule has 18 heavy (non-hydrogen) atoms. The molecular weight excluding hydrogens is 281 g/mol. The third-order valence-corrected chi connectivity index (χ3v) is 2.39. The first-order chi connectivity index (χ1) is 8.61. The molecule has 2 aromatic rings. The van der Waals surface area contributed by atoms with Gasteiger partial charge in [0.05, 0.1) is 16.7 Å². The quantitative estimate of drug-likeness (QED) is 0.808. The van der Waals surface area contributed by atoms with Gasteiger partial charge < -0.3 is 9.26 Å². The molecule has 0 saturated heterocycles. The van der Waals surface area contributed by atoms with Crippen LogP contribution in [0.25, 0.3) is 11.5 Å². The van der Waals surface area contributed by atoms with Crippen molar-refractivity contribution in [2.75, 3.05) is 6.61 Å². The van der Waals surface area contributed by atoms with Gasteiger partial charge in [-0.25, -0.2) is 9.78 Å². The molecular formula is C10H7Cl2N3O3. The molecule has 2 aromatic heterocycles. The van der Waals surface area contributed by atoms with E-state index in [4.69, 9.17) is 32.5 Å². The number of nitrogens with zero attached hydrogens (tertiary/aromatic N) is 3. The first-order valence-corrected chi connectivity index (χ1v) is 5.69. The second-order valence-corrected chi connectivity index (χ2v) is 3.97. The van der Waals surface area contributed by atoms with Gasteiger partial charge in [-0.3, -0.25) is 0 Å². The lowest BCUT2D eigenvalue weighted by Gasteiger charge is -1.97. The molecule has 0 atom stereocenters. The number of carbonyl (C=O) groups excluding carboxylic acids is 1. The Morgan fingerprint density at radius 1 is 1.50 bits per heavy atom. The summed E-state index contributed by atoms with van der Waals surface area (Å²) in [5.74, 6) is -0.847. The van der Waals surface area contributed by atoms with Crippen LogP contribution in [0.1, 0.15) is 17.6 Å². The van der Waals surface area contributed by atoms with Crippen LogP contribution in [0.2, 0.25) is 10.0 Å². The molecule has 0 fully saturated rings. The van der Waals surface area contributed by atoms with Crippen molar-refractivity contribution in [3.8, 4) is 11.5 Å². The van der Waals surface area contributed by atoms with E-state index in [9.17, 15) is 4.79 Å². The van der Waals surface area contributed by atoms with Crippen LogP contribution in [0.3, 0.4) is 0 Å².